The van der Waals surface area contributed by atoms with E-state index < -0.39 is 36.5 Å². The minimum absolute atomic E-state index is 0.416. The molecule has 0 saturated carbocycles. The number of aliphatic hydroxyl groups is 3. The number of hydrogen-bond acceptors (Lipinski definition) is 5. The molecule has 0 bridgehead atoms. The van der Waals surface area contributed by atoms with E-state index in [1.54, 1.807) is 0 Å². The number of hydrogen-bond donors (Lipinski definition) is 4. The van der Waals surface area contributed by atoms with Crippen LogP contribution in [0.1, 0.15) is 0 Å². The third-order valence-corrected chi connectivity index (χ3v) is 2.98. The third kappa shape index (κ3) is 2.16. The number of aliphatic hydroxyl groups excluding tert-OH is 3. The van der Waals surface area contributed by atoms with Gasteiger partial charge in [-0.1, -0.05) is 22.6 Å². The number of alkyl halides is 1. The van der Waals surface area contributed by atoms with Gasteiger partial charge in [-0.3, -0.25) is 0 Å². The Balaban J connectivity index is 2.69. The maximum Gasteiger partial charge on any atom is 0.335 e. The SMILES string of the molecule is O=C(O)[C@@H](O)[C@@H]1OC(CI)[C@H](O)[C@@H]1O. The van der Waals surface area contributed by atoms with Crippen LogP contribution in [0.4, 0.5) is 0 Å². The predicted molar refractivity (Wildman–Crippen MR) is 53.2 cm³/mol. The van der Waals surface area contributed by atoms with E-state index in [1.807, 2.05) is 22.6 Å². The standard InChI is InChI=1S/C7H11IO6/c8-1-2-3(9)4(10)6(14-2)5(11)7(12)13/h2-6,9-11H,1H2,(H,12,13)/t2?,3-,4-,5-,6+/m0/s1. The monoisotopic (exact) mass is 318 g/mol. The Hall–Kier alpha value is 0.0400. The minimum atomic E-state index is -1.81. The molecule has 14 heavy (non-hydrogen) atoms. The lowest BCUT2D eigenvalue weighted by Gasteiger charge is -2.17. The Kier molecular flexibility index (Phi) is 4.07. The van der Waals surface area contributed by atoms with Crippen LogP contribution in [-0.2, 0) is 9.53 Å². The van der Waals surface area contributed by atoms with E-state index >= 15 is 0 Å². The summed E-state index contributed by atoms with van der Waals surface area (Å²) in [5, 5.41) is 36.4. The van der Waals surface area contributed by atoms with Gasteiger partial charge in [-0.2, -0.15) is 0 Å². The molecule has 0 spiro atoms. The highest BCUT2D eigenvalue weighted by Crippen LogP contribution is 2.25. The van der Waals surface area contributed by atoms with E-state index in [4.69, 9.17) is 14.9 Å². The van der Waals surface area contributed by atoms with E-state index in [-0.39, 0.29) is 0 Å². The molecule has 0 aromatic heterocycles. The molecule has 0 radical (unpaired) electrons. The first kappa shape index (κ1) is 12.1. The zero-order chi connectivity index (χ0) is 10.9. The summed E-state index contributed by atoms with van der Waals surface area (Å²) in [7, 11) is 0. The number of aliphatic carboxylic acids is 1. The summed E-state index contributed by atoms with van der Waals surface area (Å²) in [6.07, 6.45) is -6.22. The van der Waals surface area contributed by atoms with Gasteiger partial charge in [0.2, 0.25) is 0 Å². The van der Waals surface area contributed by atoms with Gasteiger partial charge >= 0.3 is 5.97 Å². The van der Waals surface area contributed by atoms with Crippen molar-refractivity contribution in [1.82, 2.24) is 0 Å². The van der Waals surface area contributed by atoms with Gasteiger partial charge in [0.15, 0.2) is 6.10 Å². The van der Waals surface area contributed by atoms with Crippen molar-refractivity contribution < 1.29 is 30.0 Å². The molecule has 0 aliphatic carbocycles. The van der Waals surface area contributed by atoms with Crippen LogP contribution in [0.3, 0.4) is 0 Å². The first-order valence-electron chi connectivity index (χ1n) is 3.97. The molecule has 0 amide bonds. The van der Waals surface area contributed by atoms with Crippen LogP contribution < -0.4 is 0 Å². The molecule has 5 atom stereocenters. The molecule has 1 aliphatic heterocycles. The lowest BCUT2D eigenvalue weighted by atomic mass is 10.0. The molecule has 1 aliphatic rings. The Morgan fingerprint density at radius 2 is 2.00 bits per heavy atom. The molecule has 1 fully saturated rings. The number of carboxylic acid groups (broad SMARTS) is 1. The summed E-state index contributed by atoms with van der Waals surface area (Å²) in [6.45, 7) is 0. The maximum atomic E-state index is 10.4. The van der Waals surface area contributed by atoms with Gasteiger partial charge in [-0.05, 0) is 0 Å². The highest BCUT2D eigenvalue weighted by Gasteiger charge is 2.47. The quantitative estimate of drug-likeness (QED) is 0.367. The van der Waals surface area contributed by atoms with Crippen LogP contribution in [-0.4, -0.2) is 61.3 Å². The molecule has 4 N–H and O–H groups in total. The van der Waals surface area contributed by atoms with E-state index in [1.165, 1.54) is 0 Å². The fraction of sp³-hybridized carbons (Fsp3) is 0.857. The number of rotatable bonds is 3. The van der Waals surface area contributed by atoms with Crippen LogP contribution in [0.15, 0.2) is 0 Å². The zero-order valence-corrected chi connectivity index (χ0v) is 9.23. The van der Waals surface area contributed by atoms with E-state index in [0.717, 1.165) is 0 Å². The van der Waals surface area contributed by atoms with Crippen molar-refractivity contribution in [3.63, 3.8) is 0 Å². The van der Waals surface area contributed by atoms with Gasteiger partial charge in [0, 0.05) is 4.43 Å². The predicted octanol–water partition coefficient (Wildman–Crippen LogP) is -1.64. The molecule has 1 heterocycles. The van der Waals surface area contributed by atoms with Crippen LogP contribution in [0.25, 0.3) is 0 Å². The summed E-state index contributed by atoms with van der Waals surface area (Å²) in [6, 6.07) is 0. The van der Waals surface area contributed by atoms with Crippen molar-refractivity contribution in [2.24, 2.45) is 0 Å². The van der Waals surface area contributed by atoms with Crippen LogP contribution in [0.5, 0.6) is 0 Å². The van der Waals surface area contributed by atoms with Gasteiger partial charge in [-0.15, -0.1) is 0 Å². The first-order valence-corrected chi connectivity index (χ1v) is 5.50. The van der Waals surface area contributed by atoms with E-state index in [9.17, 15) is 15.0 Å². The van der Waals surface area contributed by atoms with Crippen LogP contribution >= 0.6 is 22.6 Å². The largest absolute Gasteiger partial charge is 0.479 e. The van der Waals surface area contributed by atoms with Gasteiger partial charge < -0.3 is 25.2 Å². The van der Waals surface area contributed by atoms with E-state index in [0.29, 0.717) is 4.43 Å². The van der Waals surface area contributed by atoms with Crippen molar-refractivity contribution >= 4 is 28.6 Å². The summed E-state index contributed by atoms with van der Waals surface area (Å²) in [5.74, 6) is -1.48. The lowest BCUT2D eigenvalue weighted by molar-refractivity contribution is -0.158. The maximum absolute atomic E-state index is 10.4. The molecule has 0 aromatic carbocycles. The molecular weight excluding hydrogens is 307 g/mol. The van der Waals surface area contributed by atoms with Gasteiger partial charge in [-0.25, -0.2) is 4.79 Å². The van der Waals surface area contributed by atoms with Crippen molar-refractivity contribution in [2.45, 2.75) is 30.5 Å². The summed E-state index contributed by atoms with van der Waals surface area (Å²) < 4.78 is 5.44. The first-order chi connectivity index (χ1) is 6.49. The molecule has 7 heteroatoms. The zero-order valence-electron chi connectivity index (χ0n) is 7.08. The molecule has 6 nitrogen and oxygen atoms in total. The molecule has 1 rings (SSSR count). The summed E-state index contributed by atoms with van der Waals surface area (Å²) in [4.78, 5) is 10.4. The number of halogens is 1. The Morgan fingerprint density at radius 1 is 1.43 bits per heavy atom. The minimum Gasteiger partial charge on any atom is -0.479 e. The highest BCUT2D eigenvalue weighted by atomic mass is 127. The molecular formula is C7H11IO6. The number of carboxylic acids is 1. The van der Waals surface area contributed by atoms with Crippen molar-refractivity contribution in [3.05, 3.63) is 0 Å². The third-order valence-electron chi connectivity index (χ3n) is 2.12. The van der Waals surface area contributed by atoms with Gasteiger partial charge in [0.05, 0.1) is 6.10 Å². The average molecular weight is 318 g/mol. The number of carbonyl (C=O) groups is 1. The Morgan fingerprint density at radius 3 is 2.36 bits per heavy atom. The van der Waals surface area contributed by atoms with E-state index in [2.05, 4.69) is 0 Å². The Labute approximate surface area is 93.6 Å². The topological polar surface area (TPSA) is 107 Å². The molecule has 1 unspecified atom stereocenters. The van der Waals surface area contributed by atoms with Crippen molar-refractivity contribution in [3.8, 4) is 0 Å². The second-order valence-corrected chi connectivity index (χ2v) is 3.94. The normalized spacial score (nSPS) is 39.7. The van der Waals surface area contributed by atoms with Crippen molar-refractivity contribution in [2.75, 3.05) is 4.43 Å². The lowest BCUT2D eigenvalue weighted by Crippen LogP contribution is -2.42. The average Bonchev–Trinajstić information content (AvgIpc) is 2.43. The second-order valence-electron chi connectivity index (χ2n) is 3.06. The fourth-order valence-corrected chi connectivity index (χ4v) is 2.04. The highest BCUT2D eigenvalue weighted by molar-refractivity contribution is 14.1. The summed E-state index contributed by atoms with van der Waals surface area (Å²) in [5.41, 5.74) is 0. The van der Waals surface area contributed by atoms with Gasteiger partial charge in [0.1, 0.15) is 18.3 Å². The molecule has 0 aromatic rings. The molecule has 1 saturated heterocycles. The van der Waals surface area contributed by atoms with Crippen molar-refractivity contribution in [1.29, 1.82) is 0 Å². The number of ether oxygens (including phenoxy) is 1. The van der Waals surface area contributed by atoms with Crippen LogP contribution in [0, 0.1) is 0 Å². The smallest absolute Gasteiger partial charge is 0.335 e. The second kappa shape index (κ2) is 4.71. The fourth-order valence-electron chi connectivity index (χ4n) is 1.31. The summed E-state index contributed by atoms with van der Waals surface area (Å²) >= 11 is 1.94. The molecule has 82 valence electrons. The Bertz CT molecular complexity index is 222. The van der Waals surface area contributed by atoms with Gasteiger partial charge in [0.25, 0.3) is 0 Å². The van der Waals surface area contributed by atoms with Crippen LogP contribution in [0.2, 0.25) is 0 Å².